The zero-order valence-electron chi connectivity index (χ0n) is 12.1. The van der Waals surface area contributed by atoms with Crippen LogP contribution < -0.4 is 10.1 Å². The van der Waals surface area contributed by atoms with E-state index in [0.717, 1.165) is 0 Å². The van der Waals surface area contributed by atoms with Gasteiger partial charge in [-0.3, -0.25) is 9.78 Å². The molecule has 0 radical (unpaired) electrons. The number of hydrogen-bond acceptors (Lipinski definition) is 4. The molecule has 7 heteroatoms. The number of ether oxygens (including phenoxy) is 1. The maximum absolute atomic E-state index is 12.0. The highest BCUT2D eigenvalue weighted by atomic mass is 19.3. The number of amides is 1. The number of carbonyl (C=O) groups excluding carboxylic acids is 1. The van der Waals surface area contributed by atoms with Gasteiger partial charge in [0.15, 0.2) is 0 Å². The van der Waals surface area contributed by atoms with Gasteiger partial charge in [0.1, 0.15) is 18.1 Å². The Morgan fingerprint density at radius 3 is 2.81 bits per heavy atom. The van der Waals surface area contributed by atoms with Gasteiger partial charge in [0.05, 0.1) is 6.10 Å². The van der Waals surface area contributed by atoms with Gasteiger partial charge in [0.2, 0.25) is 0 Å². The number of alkyl halides is 2. The fraction of sp³-hybridized carbons (Fsp3) is 0.571. The Labute approximate surface area is 122 Å². The van der Waals surface area contributed by atoms with Crippen molar-refractivity contribution in [2.24, 2.45) is 5.92 Å². The van der Waals surface area contributed by atoms with Crippen molar-refractivity contribution in [3.05, 3.63) is 24.0 Å². The van der Waals surface area contributed by atoms with E-state index in [1.807, 2.05) is 13.8 Å². The number of pyridine rings is 1. The van der Waals surface area contributed by atoms with Gasteiger partial charge in [-0.2, -0.15) is 0 Å². The van der Waals surface area contributed by atoms with Gasteiger partial charge in [-0.25, -0.2) is 8.78 Å². The Morgan fingerprint density at radius 1 is 1.48 bits per heavy atom. The summed E-state index contributed by atoms with van der Waals surface area (Å²) < 4.78 is 28.9. The first-order valence-corrected chi connectivity index (χ1v) is 6.73. The molecule has 1 unspecified atom stereocenters. The van der Waals surface area contributed by atoms with E-state index < -0.39 is 25.0 Å². The average Bonchev–Trinajstić information content (AvgIpc) is 2.45. The summed E-state index contributed by atoms with van der Waals surface area (Å²) in [5, 5.41) is 12.2. The maximum atomic E-state index is 12.0. The fourth-order valence-corrected chi connectivity index (χ4v) is 1.54. The monoisotopic (exact) mass is 302 g/mol. The van der Waals surface area contributed by atoms with Crippen LogP contribution in [-0.2, 0) is 0 Å². The van der Waals surface area contributed by atoms with Crippen LogP contribution in [0.4, 0.5) is 8.78 Å². The van der Waals surface area contributed by atoms with Crippen LogP contribution in [0.15, 0.2) is 18.3 Å². The molecule has 0 spiro atoms. The molecular weight excluding hydrogens is 282 g/mol. The normalized spacial score (nSPS) is 12.5. The summed E-state index contributed by atoms with van der Waals surface area (Å²) in [6.45, 7) is 3.35. The average molecular weight is 302 g/mol. The highest BCUT2D eigenvalue weighted by molar-refractivity contribution is 5.92. The van der Waals surface area contributed by atoms with Gasteiger partial charge >= 0.3 is 0 Å². The molecule has 1 amide bonds. The smallest absolute Gasteiger partial charge is 0.272 e. The number of rotatable bonds is 8. The topological polar surface area (TPSA) is 71.5 Å². The summed E-state index contributed by atoms with van der Waals surface area (Å²) in [5.74, 6) is -0.155. The van der Waals surface area contributed by atoms with Crippen LogP contribution >= 0.6 is 0 Å². The van der Waals surface area contributed by atoms with Crippen LogP contribution in [0.2, 0.25) is 0 Å². The molecule has 1 aromatic heterocycles. The summed E-state index contributed by atoms with van der Waals surface area (Å²) in [4.78, 5) is 15.7. The number of hydrogen-bond donors (Lipinski definition) is 2. The van der Waals surface area contributed by atoms with Crippen molar-refractivity contribution in [3.8, 4) is 5.75 Å². The Bertz CT molecular complexity index is 456. The standard InChI is InChI=1S/C14H20F2N2O3/c1-9(2)12(19)4-6-18-14(20)11-7-10(3-5-17-11)21-8-13(15)16/h3,5,7,9,12-13,19H,4,6,8H2,1-2H3,(H,18,20). The van der Waals surface area contributed by atoms with Gasteiger partial charge in [-0.15, -0.1) is 0 Å². The van der Waals surface area contributed by atoms with Crippen LogP contribution in [0.1, 0.15) is 30.8 Å². The first-order chi connectivity index (χ1) is 9.90. The zero-order valence-corrected chi connectivity index (χ0v) is 12.1. The van der Waals surface area contributed by atoms with Gasteiger partial charge < -0.3 is 15.2 Å². The van der Waals surface area contributed by atoms with Crippen molar-refractivity contribution < 1.29 is 23.4 Å². The molecule has 0 aliphatic carbocycles. The molecule has 5 nitrogen and oxygen atoms in total. The zero-order chi connectivity index (χ0) is 15.8. The van der Waals surface area contributed by atoms with Crippen LogP contribution in [0.5, 0.6) is 5.75 Å². The lowest BCUT2D eigenvalue weighted by atomic mass is 10.0. The molecule has 0 saturated carbocycles. The minimum atomic E-state index is -2.58. The quantitative estimate of drug-likeness (QED) is 0.769. The van der Waals surface area contributed by atoms with E-state index in [2.05, 4.69) is 10.3 Å². The molecule has 1 aromatic rings. The predicted octanol–water partition coefficient (Wildman–Crippen LogP) is 1.86. The lowest BCUT2D eigenvalue weighted by Crippen LogP contribution is -2.29. The van der Waals surface area contributed by atoms with E-state index in [1.165, 1.54) is 18.3 Å². The van der Waals surface area contributed by atoms with Crippen LogP contribution in [0.3, 0.4) is 0 Å². The van der Waals surface area contributed by atoms with Crippen LogP contribution in [0, 0.1) is 5.92 Å². The SMILES string of the molecule is CC(C)C(O)CCNC(=O)c1cc(OCC(F)F)ccn1. The molecule has 1 rings (SSSR count). The Morgan fingerprint density at radius 2 is 2.19 bits per heavy atom. The lowest BCUT2D eigenvalue weighted by molar-refractivity contribution is 0.0817. The molecule has 21 heavy (non-hydrogen) atoms. The minimum Gasteiger partial charge on any atom is -0.488 e. The first-order valence-electron chi connectivity index (χ1n) is 6.73. The third-order valence-corrected chi connectivity index (χ3v) is 2.84. The lowest BCUT2D eigenvalue weighted by Gasteiger charge is -2.14. The molecule has 1 heterocycles. The molecular formula is C14H20F2N2O3. The van der Waals surface area contributed by atoms with Crippen molar-refractivity contribution in [1.29, 1.82) is 0 Å². The highest BCUT2D eigenvalue weighted by Gasteiger charge is 2.12. The van der Waals surface area contributed by atoms with E-state index in [9.17, 15) is 18.7 Å². The summed E-state index contributed by atoms with van der Waals surface area (Å²) in [6, 6.07) is 2.71. The van der Waals surface area contributed by atoms with Gasteiger partial charge in [0, 0.05) is 18.8 Å². The number of nitrogens with one attached hydrogen (secondary N) is 1. The molecule has 0 aliphatic heterocycles. The number of aliphatic hydroxyl groups excluding tert-OH is 1. The molecule has 0 saturated heterocycles. The molecule has 0 aromatic carbocycles. The second-order valence-corrected chi connectivity index (χ2v) is 4.93. The first kappa shape index (κ1) is 17.3. The van der Waals surface area contributed by atoms with E-state index in [0.29, 0.717) is 13.0 Å². The third kappa shape index (κ3) is 6.48. The maximum Gasteiger partial charge on any atom is 0.272 e. The second-order valence-electron chi connectivity index (χ2n) is 4.93. The van der Waals surface area contributed by atoms with E-state index in [4.69, 9.17) is 4.74 Å². The Hall–Kier alpha value is -1.76. The van der Waals surface area contributed by atoms with Gasteiger partial charge in [0.25, 0.3) is 12.3 Å². The summed E-state index contributed by atoms with van der Waals surface area (Å²) in [7, 11) is 0. The number of carbonyl (C=O) groups is 1. The molecule has 1 atom stereocenters. The number of aliphatic hydroxyl groups is 1. The molecule has 118 valence electrons. The number of nitrogens with zero attached hydrogens (tertiary/aromatic N) is 1. The highest BCUT2D eigenvalue weighted by Crippen LogP contribution is 2.12. The number of halogens is 2. The van der Waals surface area contributed by atoms with E-state index in [-0.39, 0.29) is 17.4 Å². The minimum absolute atomic E-state index is 0.0841. The van der Waals surface area contributed by atoms with Crippen LogP contribution in [0.25, 0.3) is 0 Å². The molecule has 0 fully saturated rings. The second kappa shape index (κ2) is 8.51. The predicted molar refractivity (Wildman–Crippen MR) is 73.5 cm³/mol. The largest absolute Gasteiger partial charge is 0.488 e. The summed E-state index contributed by atoms with van der Waals surface area (Å²) in [5.41, 5.74) is 0.0841. The Balaban J connectivity index is 2.48. The molecule has 0 bridgehead atoms. The molecule has 2 N–H and O–H groups in total. The Kier molecular flexibility index (Phi) is 7.01. The van der Waals surface area contributed by atoms with Crippen molar-refractivity contribution in [2.75, 3.05) is 13.2 Å². The summed E-state index contributed by atoms with van der Waals surface area (Å²) in [6.07, 6.45) is -1.31. The van der Waals surface area contributed by atoms with Crippen molar-refractivity contribution in [2.45, 2.75) is 32.8 Å². The third-order valence-electron chi connectivity index (χ3n) is 2.84. The van der Waals surface area contributed by atoms with Crippen LogP contribution in [-0.4, -0.2) is 41.7 Å². The van der Waals surface area contributed by atoms with E-state index in [1.54, 1.807) is 0 Å². The van der Waals surface area contributed by atoms with Gasteiger partial charge in [-0.1, -0.05) is 13.8 Å². The van der Waals surface area contributed by atoms with Crippen molar-refractivity contribution in [3.63, 3.8) is 0 Å². The summed E-state index contributed by atoms with van der Waals surface area (Å²) >= 11 is 0. The molecule has 0 aliphatic rings. The number of aromatic nitrogens is 1. The fourth-order valence-electron chi connectivity index (χ4n) is 1.54. The van der Waals surface area contributed by atoms with Crippen molar-refractivity contribution >= 4 is 5.91 Å². The van der Waals surface area contributed by atoms with Crippen molar-refractivity contribution in [1.82, 2.24) is 10.3 Å². The van der Waals surface area contributed by atoms with Gasteiger partial charge in [-0.05, 0) is 18.4 Å². The van der Waals surface area contributed by atoms with E-state index >= 15 is 0 Å².